The summed E-state index contributed by atoms with van der Waals surface area (Å²) in [5, 5.41) is 2.86. The van der Waals surface area contributed by atoms with Gasteiger partial charge < -0.3 is 11.1 Å². The number of para-hydroxylation sites is 1. The molecule has 0 fully saturated rings. The highest BCUT2D eigenvalue weighted by Gasteiger charge is 2.10. The zero-order valence-corrected chi connectivity index (χ0v) is 11.3. The molecule has 1 aromatic heterocycles. The number of benzene rings is 1. The molecule has 0 spiro atoms. The summed E-state index contributed by atoms with van der Waals surface area (Å²) in [5.74, 6) is -0.110. The van der Waals surface area contributed by atoms with Crippen LogP contribution in [0.15, 0.2) is 40.2 Å². The molecule has 0 unspecified atom stereocenters. The van der Waals surface area contributed by atoms with Crippen molar-refractivity contribution in [2.45, 2.75) is 6.54 Å². The second kappa shape index (κ2) is 5.44. The lowest BCUT2D eigenvalue weighted by Gasteiger charge is -2.08. The van der Waals surface area contributed by atoms with Crippen molar-refractivity contribution in [2.75, 3.05) is 5.32 Å². The van der Waals surface area contributed by atoms with Crippen LogP contribution in [0.5, 0.6) is 0 Å². The molecule has 0 aliphatic heterocycles. The maximum atomic E-state index is 11.9. The van der Waals surface area contributed by atoms with Gasteiger partial charge in [0.1, 0.15) is 0 Å². The zero-order valence-electron chi connectivity index (χ0n) is 8.94. The lowest BCUT2D eigenvalue weighted by molar-refractivity contribution is 0.103. The van der Waals surface area contributed by atoms with Crippen molar-refractivity contribution in [1.29, 1.82) is 0 Å². The lowest BCUT2D eigenvalue weighted by atomic mass is 10.2. The Bertz CT molecular complexity index is 539. The average molecular weight is 311 g/mol. The molecule has 0 saturated heterocycles. The van der Waals surface area contributed by atoms with Crippen LogP contribution in [0.25, 0.3) is 0 Å². The standard InChI is InChI=1S/C12H11BrN2OS/c13-11-6-5-10(17-11)12(16)15-9-4-2-1-3-8(9)7-14/h1-6H,7,14H2,(H,15,16). The topological polar surface area (TPSA) is 55.1 Å². The number of halogens is 1. The van der Waals surface area contributed by atoms with Crippen LogP contribution in [0.1, 0.15) is 15.2 Å². The highest BCUT2D eigenvalue weighted by atomic mass is 79.9. The Hall–Kier alpha value is -1.17. The maximum absolute atomic E-state index is 11.9. The smallest absolute Gasteiger partial charge is 0.265 e. The van der Waals surface area contributed by atoms with E-state index in [1.165, 1.54) is 11.3 Å². The predicted molar refractivity (Wildman–Crippen MR) is 74.3 cm³/mol. The minimum absolute atomic E-state index is 0.110. The van der Waals surface area contributed by atoms with Crippen molar-refractivity contribution in [3.8, 4) is 0 Å². The summed E-state index contributed by atoms with van der Waals surface area (Å²) in [5.41, 5.74) is 7.31. The molecular weight excluding hydrogens is 300 g/mol. The Balaban J connectivity index is 2.18. The largest absolute Gasteiger partial charge is 0.326 e. The normalized spacial score (nSPS) is 10.2. The van der Waals surface area contributed by atoms with Crippen molar-refractivity contribution in [3.05, 3.63) is 50.6 Å². The quantitative estimate of drug-likeness (QED) is 0.914. The number of rotatable bonds is 3. The second-order valence-electron chi connectivity index (χ2n) is 3.42. The van der Waals surface area contributed by atoms with E-state index in [0.717, 1.165) is 15.0 Å². The fourth-order valence-corrected chi connectivity index (χ4v) is 2.72. The Morgan fingerprint density at radius 1 is 1.29 bits per heavy atom. The van der Waals surface area contributed by atoms with Gasteiger partial charge in [0.2, 0.25) is 0 Å². The van der Waals surface area contributed by atoms with E-state index < -0.39 is 0 Å². The second-order valence-corrected chi connectivity index (χ2v) is 5.88. The molecule has 0 aliphatic carbocycles. The summed E-state index contributed by atoms with van der Waals surface area (Å²) in [6.45, 7) is 0.407. The van der Waals surface area contributed by atoms with E-state index in [4.69, 9.17) is 5.73 Å². The molecular formula is C12H11BrN2OS. The predicted octanol–water partition coefficient (Wildman–Crippen LogP) is 3.22. The summed E-state index contributed by atoms with van der Waals surface area (Å²) in [6.07, 6.45) is 0. The van der Waals surface area contributed by atoms with E-state index in [0.29, 0.717) is 11.4 Å². The number of nitrogens with two attached hydrogens (primary N) is 1. The van der Waals surface area contributed by atoms with Crippen LogP contribution in [0.4, 0.5) is 5.69 Å². The van der Waals surface area contributed by atoms with Gasteiger partial charge in [0.25, 0.3) is 5.91 Å². The minimum Gasteiger partial charge on any atom is -0.326 e. The van der Waals surface area contributed by atoms with Gasteiger partial charge in [-0.2, -0.15) is 0 Å². The summed E-state index contributed by atoms with van der Waals surface area (Å²) in [4.78, 5) is 12.6. The molecule has 3 N–H and O–H groups in total. The van der Waals surface area contributed by atoms with E-state index in [-0.39, 0.29) is 5.91 Å². The van der Waals surface area contributed by atoms with E-state index in [9.17, 15) is 4.79 Å². The molecule has 17 heavy (non-hydrogen) atoms. The van der Waals surface area contributed by atoms with E-state index in [1.54, 1.807) is 6.07 Å². The molecule has 0 atom stereocenters. The first-order valence-electron chi connectivity index (χ1n) is 5.05. The first kappa shape index (κ1) is 12.3. The van der Waals surface area contributed by atoms with Crippen molar-refractivity contribution < 1.29 is 4.79 Å². The van der Waals surface area contributed by atoms with Gasteiger partial charge in [0, 0.05) is 12.2 Å². The summed E-state index contributed by atoms with van der Waals surface area (Å²) in [6, 6.07) is 11.2. The summed E-state index contributed by atoms with van der Waals surface area (Å²) >= 11 is 4.73. The van der Waals surface area contributed by atoms with Gasteiger partial charge in [-0.25, -0.2) is 0 Å². The number of carbonyl (C=O) groups is 1. The molecule has 1 heterocycles. The fraction of sp³-hybridized carbons (Fsp3) is 0.0833. The van der Waals surface area contributed by atoms with Crippen LogP contribution in [0, 0.1) is 0 Å². The van der Waals surface area contributed by atoms with Crippen LogP contribution < -0.4 is 11.1 Å². The van der Waals surface area contributed by atoms with Gasteiger partial charge in [0.15, 0.2) is 0 Å². The van der Waals surface area contributed by atoms with Crippen molar-refractivity contribution >= 4 is 38.9 Å². The third kappa shape index (κ3) is 2.94. The van der Waals surface area contributed by atoms with Gasteiger partial charge in [-0.3, -0.25) is 4.79 Å². The van der Waals surface area contributed by atoms with Crippen molar-refractivity contribution in [2.24, 2.45) is 5.73 Å². The molecule has 0 saturated carbocycles. The van der Waals surface area contributed by atoms with Crippen LogP contribution in [-0.4, -0.2) is 5.91 Å². The molecule has 0 radical (unpaired) electrons. The monoisotopic (exact) mass is 310 g/mol. The number of anilines is 1. The first-order valence-corrected chi connectivity index (χ1v) is 6.66. The first-order chi connectivity index (χ1) is 8.20. The fourth-order valence-electron chi connectivity index (χ4n) is 1.44. The molecule has 1 amide bonds. The van der Waals surface area contributed by atoms with E-state index in [2.05, 4.69) is 21.2 Å². The lowest BCUT2D eigenvalue weighted by Crippen LogP contribution is -2.12. The summed E-state index contributed by atoms with van der Waals surface area (Å²) in [7, 11) is 0. The highest BCUT2D eigenvalue weighted by molar-refractivity contribution is 9.11. The van der Waals surface area contributed by atoms with Crippen molar-refractivity contribution in [3.63, 3.8) is 0 Å². The SMILES string of the molecule is NCc1ccccc1NC(=O)c1ccc(Br)s1. The molecule has 5 heteroatoms. The molecule has 88 valence electrons. The van der Waals surface area contributed by atoms with Gasteiger partial charge >= 0.3 is 0 Å². The zero-order chi connectivity index (χ0) is 12.3. The number of thiophene rings is 1. The van der Waals surface area contributed by atoms with Gasteiger partial charge in [-0.1, -0.05) is 18.2 Å². The Morgan fingerprint density at radius 3 is 2.71 bits per heavy atom. The number of nitrogens with one attached hydrogen (secondary N) is 1. The minimum atomic E-state index is -0.110. The molecule has 3 nitrogen and oxygen atoms in total. The number of carbonyl (C=O) groups excluding carboxylic acids is 1. The Kier molecular flexibility index (Phi) is 3.93. The van der Waals surface area contributed by atoms with Gasteiger partial charge in [-0.15, -0.1) is 11.3 Å². The Labute approximate surface area is 112 Å². The molecule has 0 aliphatic rings. The molecule has 1 aromatic carbocycles. The van der Waals surface area contributed by atoms with E-state index >= 15 is 0 Å². The molecule has 2 rings (SSSR count). The van der Waals surface area contributed by atoms with Crippen LogP contribution >= 0.6 is 27.3 Å². The van der Waals surface area contributed by atoms with Gasteiger partial charge in [-0.05, 0) is 39.7 Å². The Morgan fingerprint density at radius 2 is 2.06 bits per heavy atom. The van der Waals surface area contributed by atoms with E-state index in [1.807, 2.05) is 30.3 Å². The average Bonchev–Trinajstić information content (AvgIpc) is 2.77. The number of hydrogen-bond acceptors (Lipinski definition) is 3. The highest BCUT2D eigenvalue weighted by Crippen LogP contribution is 2.23. The van der Waals surface area contributed by atoms with Crippen LogP contribution in [0.3, 0.4) is 0 Å². The summed E-state index contributed by atoms with van der Waals surface area (Å²) < 4.78 is 0.940. The van der Waals surface area contributed by atoms with Crippen LogP contribution in [-0.2, 0) is 6.54 Å². The van der Waals surface area contributed by atoms with Crippen molar-refractivity contribution in [1.82, 2.24) is 0 Å². The third-order valence-electron chi connectivity index (χ3n) is 2.28. The third-order valence-corrected chi connectivity index (χ3v) is 3.90. The number of hydrogen-bond donors (Lipinski definition) is 2. The van der Waals surface area contributed by atoms with Gasteiger partial charge in [0.05, 0.1) is 8.66 Å². The maximum Gasteiger partial charge on any atom is 0.265 e. The molecule has 2 aromatic rings. The number of amides is 1. The molecule has 0 bridgehead atoms. The van der Waals surface area contributed by atoms with Crippen LogP contribution in [0.2, 0.25) is 0 Å².